The molecular weight excluding hydrogens is 140 g/mol. The summed E-state index contributed by atoms with van der Waals surface area (Å²) in [6.45, 7) is 4.77. The first kappa shape index (κ1) is 9.01. The first-order valence-electron chi connectivity index (χ1n) is 4.48. The Morgan fingerprint density at radius 2 is 2.36 bits per heavy atom. The summed E-state index contributed by atoms with van der Waals surface area (Å²) in [5.74, 6) is 0. The van der Waals surface area contributed by atoms with Gasteiger partial charge in [-0.05, 0) is 19.8 Å². The first-order chi connectivity index (χ1) is 5.14. The Morgan fingerprint density at radius 3 is 2.91 bits per heavy atom. The summed E-state index contributed by atoms with van der Waals surface area (Å²) in [7, 11) is 0. The number of hydrogen-bond donors (Lipinski definition) is 1. The van der Waals surface area contributed by atoms with Crippen molar-refractivity contribution in [2.75, 3.05) is 6.61 Å². The maximum absolute atomic E-state index is 9.69. The molecule has 0 unspecified atom stereocenters. The minimum Gasteiger partial charge on any atom is -0.390 e. The fraction of sp³-hybridized carbons (Fsp3) is 1.00. The third-order valence-corrected chi connectivity index (χ3v) is 2.27. The summed E-state index contributed by atoms with van der Waals surface area (Å²) in [4.78, 5) is 0. The maximum atomic E-state index is 9.69. The van der Waals surface area contributed by atoms with Crippen molar-refractivity contribution in [3.8, 4) is 0 Å². The largest absolute Gasteiger partial charge is 0.390 e. The van der Waals surface area contributed by atoms with Crippen LogP contribution in [0.5, 0.6) is 0 Å². The van der Waals surface area contributed by atoms with Crippen molar-refractivity contribution in [2.45, 2.75) is 51.2 Å². The Kier molecular flexibility index (Phi) is 2.90. The second kappa shape index (κ2) is 3.55. The van der Waals surface area contributed by atoms with Crippen LogP contribution in [0.2, 0.25) is 0 Å². The summed E-state index contributed by atoms with van der Waals surface area (Å²) in [6, 6.07) is 0. The average molecular weight is 158 g/mol. The SMILES string of the molecule is CCC[C@@H]1C[C@@](C)(O)CCO1. The standard InChI is InChI=1S/C9H18O2/c1-3-4-8-7-9(2,10)5-6-11-8/h8,10H,3-7H2,1-2H3/t8-,9+/m1/s1. The van der Waals surface area contributed by atoms with Gasteiger partial charge in [0, 0.05) is 13.0 Å². The van der Waals surface area contributed by atoms with E-state index in [9.17, 15) is 5.11 Å². The van der Waals surface area contributed by atoms with Crippen LogP contribution in [0.15, 0.2) is 0 Å². The van der Waals surface area contributed by atoms with E-state index in [1.807, 2.05) is 6.92 Å². The quantitative estimate of drug-likeness (QED) is 0.663. The molecule has 1 N–H and O–H groups in total. The van der Waals surface area contributed by atoms with Gasteiger partial charge in [0.05, 0.1) is 11.7 Å². The lowest BCUT2D eigenvalue weighted by atomic mass is 9.91. The molecule has 0 amide bonds. The lowest BCUT2D eigenvalue weighted by Crippen LogP contribution is -2.38. The Bertz CT molecular complexity index is 119. The van der Waals surface area contributed by atoms with Gasteiger partial charge in [-0.2, -0.15) is 0 Å². The van der Waals surface area contributed by atoms with Gasteiger partial charge in [0.25, 0.3) is 0 Å². The van der Waals surface area contributed by atoms with Crippen LogP contribution in [0, 0.1) is 0 Å². The molecule has 1 saturated heterocycles. The van der Waals surface area contributed by atoms with Crippen molar-refractivity contribution in [1.29, 1.82) is 0 Å². The van der Waals surface area contributed by atoms with Crippen molar-refractivity contribution >= 4 is 0 Å². The van der Waals surface area contributed by atoms with E-state index in [0.29, 0.717) is 6.10 Å². The fourth-order valence-electron chi connectivity index (χ4n) is 1.60. The highest BCUT2D eigenvalue weighted by Crippen LogP contribution is 2.25. The van der Waals surface area contributed by atoms with Gasteiger partial charge >= 0.3 is 0 Å². The fourth-order valence-corrected chi connectivity index (χ4v) is 1.60. The van der Waals surface area contributed by atoms with E-state index in [0.717, 1.165) is 32.3 Å². The van der Waals surface area contributed by atoms with Gasteiger partial charge in [-0.3, -0.25) is 0 Å². The van der Waals surface area contributed by atoms with Crippen LogP contribution in [-0.4, -0.2) is 23.4 Å². The van der Waals surface area contributed by atoms with Crippen LogP contribution in [0.1, 0.15) is 39.5 Å². The molecule has 2 atom stereocenters. The van der Waals surface area contributed by atoms with E-state index in [1.165, 1.54) is 0 Å². The molecule has 66 valence electrons. The van der Waals surface area contributed by atoms with Crippen LogP contribution >= 0.6 is 0 Å². The molecular formula is C9H18O2. The molecule has 1 aliphatic rings. The van der Waals surface area contributed by atoms with Crippen LogP contribution in [0.25, 0.3) is 0 Å². The molecule has 2 nitrogen and oxygen atoms in total. The van der Waals surface area contributed by atoms with E-state index < -0.39 is 5.60 Å². The normalized spacial score (nSPS) is 39.0. The smallest absolute Gasteiger partial charge is 0.0666 e. The van der Waals surface area contributed by atoms with E-state index in [4.69, 9.17) is 4.74 Å². The zero-order chi connectivity index (χ0) is 8.32. The molecule has 0 spiro atoms. The minimum atomic E-state index is -0.474. The van der Waals surface area contributed by atoms with E-state index >= 15 is 0 Å². The summed E-state index contributed by atoms with van der Waals surface area (Å²) in [6.07, 6.45) is 4.11. The van der Waals surface area contributed by atoms with Gasteiger partial charge in [0.15, 0.2) is 0 Å². The number of aliphatic hydroxyl groups is 1. The van der Waals surface area contributed by atoms with Crippen molar-refractivity contribution in [3.05, 3.63) is 0 Å². The molecule has 0 radical (unpaired) electrons. The summed E-state index contributed by atoms with van der Waals surface area (Å²) < 4.78 is 5.49. The highest BCUT2D eigenvalue weighted by atomic mass is 16.5. The molecule has 2 heteroatoms. The van der Waals surface area contributed by atoms with E-state index in [1.54, 1.807) is 0 Å². The topological polar surface area (TPSA) is 29.5 Å². The van der Waals surface area contributed by atoms with Crippen LogP contribution < -0.4 is 0 Å². The van der Waals surface area contributed by atoms with Gasteiger partial charge in [0.2, 0.25) is 0 Å². The monoisotopic (exact) mass is 158 g/mol. The maximum Gasteiger partial charge on any atom is 0.0666 e. The van der Waals surface area contributed by atoms with Gasteiger partial charge in [-0.25, -0.2) is 0 Å². The van der Waals surface area contributed by atoms with Crippen LogP contribution in [0.3, 0.4) is 0 Å². The summed E-state index contributed by atoms with van der Waals surface area (Å²) in [5, 5.41) is 9.69. The van der Waals surface area contributed by atoms with Gasteiger partial charge in [0.1, 0.15) is 0 Å². The Morgan fingerprint density at radius 1 is 1.64 bits per heavy atom. The van der Waals surface area contributed by atoms with Crippen molar-refractivity contribution in [1.82, 2.24) is 0 Å². The predicted molar refractivity (Wildman–Crippen MR) is 44.5 cm³/mol. The molecule has 0 bridgehead atoms. The van der Waals surface area contributed by atoms with Gasteiger partial charge < -0.3 is 9.84 Å². The van der Waals surface area contributed by atoms with Crippen molar-refractivity contribution in [2.24, 2.45) is 0 Å². The number of hydrogen-bond acceptors (Lipinski definition) is 2. The lowest BCUT2D eigenvalue weighted by Gasteiger charge is -2.33. The molecule has 1 heterocycles. The van der Waals surface area contributed by atoms with Crippen LogP contribution in [0.4, 0.5) is 0 Å². The van der Waals surface area contributed by atoms with Crippen molar-refractivity contribution < 1.29 is 9.84 Å². The van der Waals surface area contributed by atoms with Crippen molar-refractivity contribution in [3.63, 3.8) is 0 Å². The second-order valence-corrected chi connectivity index (χ2v) is 3.73. The average Bonchev–Trinajstić information content (AvgIpc) is 1.85. The highest BCUT2D eigenvalue weighted by Gasteiger charge is 2.29. The molecule has 0 aromatic carbocycles. The molecule has 1 rings (SSSR count). The zero-order valence-corrected chi connectivity index (χ0v) is 7.47. The Labute approximate surface area is 68.6 Å². The molecule has 1 fully saturated rings. The summed E-state index contributed by atoms with van der Waals surface area (Å²) >= 11 is 0. The van der Waals surface area contributed by atoms with E-state index in [-0.39, 0.29) is 0 Å². The molecule has 11 heavy (non-hydrogen) atoms. The molecule has 0 aromatic rings. The zero-order valence-electron chi connectivity index (χ0n) is 7.47. The highest BCUT2D eigenvalue weighted by molar-refractivity contribution is 4.80. The molecule has 0 saturated carbocycles. The van der Waals surface area contributed by atoms with Gasteiger partial charge in [-0.1, -0.05) is 13.3 Å². The molecule has 0 aromatic heterocycles. The minimum absolute atomic E-state index is 0.295. The van der Waals surface area contributed by atoms with Gasteiger partial charge in [-0.15, -0.1) is 0 Å². The van der Waals surface area contributed by atoms with E-state index in [2.05, 4.69) is 6.92 Å². The third-order valence-electron chi connectivity index (χ3n) is 2.27. The Balaban J connectivity index is 2.34. The predicted octanol–water partition coefficient (Wildman–Crippen LogP) is 1.72. The van der Waals surface area contributed by atoms with Crippen LogP contribution in [-0.2, 0) is 4.74 Å². The number of rotatable bonds is 2. The molecule has 1 aliphatic heterocycles. The third kappa shape index (κ3) is 2.80. The second-order valence-electron chi connectivity index (χ2n) is 3.73. The summed E-state index contributed by atoms with van der Waals surface area (Å²) in [5.41, 5.74) is -0.474. The Hall–Kier alpha value is -0.0800. The molecule has 0 aliphatic carbocycles. The lowest BCUT2D eigenvalue weighted by molar-refractivity contribution is -0.0955. The first-order valence-corrected chi connectivity index (χ1v) is 4.48. The number of ether oxygens (including phenoxy) is 1.